The van der Waals surface area contributed by atoms with Gasteiger partial charge in [0.2, 0.25) is 0 Å². The van der Waals surface area contributed by atoms with Crippen molar-refractivity contribution in [2.75, 3.05) is 6.54 Å². The summed E-state index contributed by atoms with van der Waals surface area (Å²) < 4.78 is 0. The van der Waals surface area contributed by atoms with Gasteiger partial charge in [0.25, 0.3) is 0 Å². The molecule has 0 aromatic carbocycles. The van der Waals surface area contributed by atoms with Crippen molar-refractivity contribution < 1.29 is 14.7 Å². The summed E-state index contributed by atoms with van der Waals surface area (Å²) in [4.78, 5) is 24.5. The van der Waals surface area contributed by atoms with E-state index < -0.39 is 11.5 Å². The Kier molecular flexibility index (Phi) is 4.60. The van der Waals surface area contributed by atoms with Gasteiger partial charge in [0.05, 0.1) is 12.0 Å². The second-order valence-electron chi connectivity index (χ2n) is 5.14. The summed E-state index contributed by atoms with van der Waals surface area (Å²) in [5.74, 6) is 1.61. The fourth-order valence-corrected chi connectivity index (χ4v) is 2.06. The highest BCUT2D eigenvalue weighted by molar-refractivity contribution is 5.77. The van der Waals surface area contributed by atoms with Gasteiger partial charge < -0.3 is 15.3 Å². The van der Waals surface area contributed by atoms with Gasteiger partial charge in [-0.3, -0.25) is 4.79 Å². The predicted molar refractivity (Wildman–Crippen MR) is 68.0 cm³/mol. The molecule has 5 heteroatoms. The molecule has 5 nitrogen and oxygen atoms in total. The van der Waals surface area contributed by atoms with E-state index in [2.05, 4.69) is 11.2 Å². The number of nitrogens with zero attached hydrogens (tertiary/aromatic N) is 1. The Morgan fingerprint density at radius 1 is 1.50 bits per heavy atom. The Morgan fingerprint density at radius 2 is 2.17 bits per heavy atom. The van der Waals surface area contributed by atoms with Crippen molar-refractivity contribution in [1.82, 2.24) is 10.2 Å². The average molecular weight is 252 g/mol. The molecule has 18 heavy (non-hydrogen) atoms. The third kappa shape index (κ3) is 3.95. The van der Waals surface area contributed by atoms with Crippen LogP contribution in [0, 0.1) is 12.3 Å². The van der Waals surface area contributed by atoms with Crippen molar-refractivity contribution in [2.24, 2.45) is 0 Å². The van der Waals surface area contributed by atoms with Crippen LogP contribution in [0.25, 0.3) is 0 Å². The molecule has 2 N–H and O–H groups in total. The van der Waals surface area contributed by atoms with E-state index in [1.807, 2.05) is 0 Å². The Labute approximate surface area is 108 Å². The molecule has 2 amide bonds. The molecule has 1 saturated heterocycles. The van der Waals surface area contributed by atoms with Gasteiger partial charge in [0.15, 0.2) is 0 Å². The number of hydrogen-bond acceptors (Lipinski definition) is 2. The lowest BCUT2D eigenvalue weighted by atomic mass is 9.99. The van der Waals surface area contributed by atoms with Crippen molar-refractivity contribution in [3.8, 4) is 12.3 Å². The van der Waals surface area contributed by atoms with E-state index in [9.17, 15) is 9.59 Å². The maximum absolute atomic E-state index is 12.1. The quantitative estimate of drug-likeness (QED) is 0.747. The van der Waals surface area contributed by atoms with Crippen LogP contribution in [0.1, 0.15) is 39.5 Å². The first-order valence-corrected chi connectivity index (χ1v) is 6.14. The number of carbonyl (C=O) groups excluding carboxylic acids is 1. The maximum Gasteiger partial charge on any atom is 0.318 e. The highest BCUT2D eigenvalue weighted by Crippen LogP contribution is 2.20. The fourth-order valence-electron chi connectivity index (χ4n) is 2.06. The number of carbonyl (C=O) groups is 2. The van der Waals surface area contributed by atoms with E-state index in [-0.39, 0.29) is 18.5 Å². The molecule has 0 saturated carbocycles. The van der Waals surface area contributed by atoms with Gasteiger partial charge in [0, 0.05) is 12.6 Å². The number of nitrogens with one attached hydrogen (secondary N) is 1. The molecule has 0 radical (unpaired) electrons. The molecule has 1 rings (SSSR count). The van der Waals surface area contributed by atoms with Gasteiger partial charge in [-0.2, -0.15) is 0 Å². The lowest BCUT2D eigenvalue weighted by molar-refractivity contribution is -0.138. The van der Waals surface area contributed by atoms with Gasteiger partial charge in [-0.05, 0) is 33.1 Å². The van der Waals surface area contributed by atoms with Crippen LogP contribution in [-0.4, -0.2) is 40.1 Å². The third-order valence-electron chi connectivity index (χ3n) is 3.08. The summed E-state index contributed by atoms with van der Waals surface area (Å²) in [5, 5.41) is 11.6. The molecule has 0 aromatic heterocycles. The number of likely N-dealkylation sites (tertiary alicyclic amines) is 1. The summed E-state index contributed by atoms with van der Waals surface area (Å²) in [6, 6.07) is -0.506. The summed E-state index contributed by atoms with van der Waals surface area (Å²) in [6.45, 7) is 4.06. The minimum atomic E-state index is -0.879. The predicted octanol–water partition coefficient (Wildman–Crippen LogP) is 1.44. The molecular formula is C13H20N2O3. The van der Waals surface area contributed by atoms with Crippen molar-refractivity contribution in [1.29, 1.82) is 0 Å². The van der Waals surface area contributed by atoms with E-state index in [4.69, 9.17) is 11.5 Å². The van der Waals surface area contributed by atoms with Crippen LogP contribution in [0.4, 0.5) is 4.79 Å². The number of carboxylic acids is 1. The number of carboxylic acid groups (broad SMARTS) is 1. The lowest BCUT2D eigenvalue weighted by Gasteiger charge is -2.36. The zero-order valence-electron chi connectivity index (χ0n) is 10.9. The number of hydrogen-bond donors (Lipinski definition) is 2. The number of aliphatic carboxylic acids is 1. The summed E-state index contributed by atoms with van der Waals surface area (Å²) in [6.07, 6.45) is 7.91. The molecule has 0 spiro atoms. The van der Waals surface area contributed by atoms with Crippen molar-refractivity contribution in [3.05, 3.63) is 0 Å². The monoisotopic (exact) mass is 252 g/mol. The molecule has 1 atom stereocenters. The van der Waals surface area contributed by atoms with Crippen LogP contribution >= 0.6 is 0 Å². The topological polar surface area (TPSA) is 69.6 Å². The number of amides is 2. The first-order chi connectivity index (χ1) is 8.35. The third-order valence-corrected chi connectivity index (χ3v) is 3.08. The number of piperidine rings is 1. The highest BCUT2D eigenvalue weighted by atomic mass is 16.4. The molecule has 1 fully saturated rings. The minimum Gasteiger partial charge on any atom is -0.481 e. The van der Waals surface area contributed by atoms with E-state index in [0.717, 1.165) is 19.3 Å². The standard InChI is InChI=1S/C13H20N2O3/c1-4-13(2,3)14-12(18)15-8-6-5-7-10(15)9-11(16)17/h1,10H,5-9H2,2-3H3,(H,14,18)(H,16,17). The first-order valence-electron chi connectivity index (χ1n) is 6.14. The highest BCUT2D eigenvalue weighted by Gasteiger charge is 2.30. The Bertz CT molecular complexity index is 371. The van der Waals surface area contributed by atoms with Crippen LogP contribution in [0.3, 0.4) is 0 Å². The first kappa shape index (κ1) is 14.4. The molecular weight excluding hydrogens is 232 g/mol. The Balaban J connectivity index is 2.69. The minimum absolute atomic E-state index is 0.0100. The number of urea groups is 1. The molecule has 1 aliphatic rings. The zero-order valence-corrected chi connectivity index (χ0v) is 10.9. The van der Waals surface area contributed by atoms with E-state index in [1.54, 1.807) is 18.7 Å². The SMILES string of the molecule is C#CC(C)(C)NC(=O)N1CCCCC1CC(=O)O. The maximum atomic E-state index is 12.1. The van der Waals surface area contributed by atoms with Crippen LogP contribution in [0.5, 0.6) is 0 Å². The van der Waals surface area contributed by atoms with Gasteiger partial charge in [-0.15, -0.1) is 6.42 Å². The largest absolute Gasteiger partial charge is 0.481 e. The molecule has 1 heterocycles. The van der Waals surface area contributed by atoms with Crippen molar-refractivity contribution in [3.63, 3.8) is 0 Å². The summed E-state index contributed by atoms with van der Waals surface area (Å²) in [5.41, 5.74) is -0.720. The zero-order chi connectivity index (χ0) is 13.8. The Hall–Kier alpha value is -1.70. The van der Waals surface area contributed by atoms with Crippen LogP contribution in [0.15, 0.2) is 0 Å². The molecule has 100 valence electrons. The van der Waals surface area contributed by atoms with Crippen molar-refractivity contribution >= 4 is 12.0 Å². The molecule has 0 bridgehead atoms. The number of rotatable bonds is 3. The van der Waals surface area contributed by atoms with Gasteiger partial charge in [0.1, 0.15) is 0 Å². The van der Waals surface area contributed by atoms with E-state index in [0.29, 0.717) is 6.54 Å². The van der Waals surface area contributed by atoms with E-state index >= 15 is 0 Å². The van der Waals surface area contributed by atoms with Crippen molar-refractivity contribution in [2.45, 2.75) is 51.1 Å². The second-order valence-corrected chi connectivity index (χ2v) is 5.14. The van der Waals surface area contributed by atoms with Crippen LogP contribution in [0.2, 0.25) is 0 Å². The van der Waals surface area contributed by atoms with Gasteiger partial charge >= 0.3 is 12.0 Å². The smallest absolute Gasteiger partial charge is 0.318 e. The Morgan fingerprint density at radius 3 is 2.72 bits per heavy atom. The van der Waals surface area contributed by atoms with Gasteiger partial charge in [-0.1, -0.05) is 5.92 Å². The average Bonchev–Trinajstić information content (AvgIpc) is 2.28. The molecule has 0 aromatic rings. The summed E-state index contributed by atoms with van der Waals surface area (Å²) >= 11 is 0. The molecule has 1 unspecified atom stereocenters. The lowest BCUT2D eigenvalue weighted by Crippen LogP contribution is -2.54. The van der Waals surface area contributed by atoms with E-state index in [1.165, 1.54) is 0 Å². The second kappa shape index (κ2) is 5.76. The normalized spacial score (nSPS) is 20.1. The van der Waals surface area contributed by atoms with Crippen LogP contribution < -0.4 is 5.32 Å². The molecule has 1 aliphatic heterocycles. The number of terminal acetylenes is 1. The molecule has 0 aliphatic carbocycles. The van der Waals surface area contributed by atoms with Gasteiger partial charge in [-0.25, -0.2) is 4.79 Å². The van der Waals surface area contributed by atoms with Crippen LogP contribution in [-0.2, 0) is 4.79 Å². The summed E-state index contributed by atoms with van der Waals surface area (Å²) in [7, 11) is 0. The fraction of sp³-hybridized carbons (Fsp3) is 0.692.